The molecular formula is C19H25FN4O. The number of ether oxygens (including phenoxy) is 1. The third-order valence-electron chi connectivity index (χ3n) is 3.42. The van der Waals surface area contributed by atoms with E-state index in [4.69, 9.17) is 4.74 Å². The van der Waals surface area contributed by atoms with E-state index in [1.807, 2.05) is 19.1 Å². The summed E-state index contributed by atoms with van der Waals surface area (Å²) in [6.45, 7) is 6.50. The number of aliphatic imine (C=N–C) groups is 1. The number of aromatic nitrogens is 1. The molecule has 0 aliphatic carbocycles. The van der Waals surface area contributed by atoms with Crippen molar-refractivity contribution < 1.29 is 9.13 Å². The van der Waals surface area contributed by atoms with E-state index in [0.717, 1.165) is 24.1 Å². The normalized spacial score (nSPS) is 11.2. The lowest BCUT2D eigenvalue weighted by Crippen LogP contribution is -2.36. The summed E-state index contributed by atoms with van der Waals surface area (Å²) >= 11 is 0. The van der Waals surface area contributed by atoms with Crippen molar-refractivity contribution in [2.24, 2.45) is 4.99 Å². The van der Waals surface area contributed by atoms with Crippen LogP contribution in [0.4, 0.5) is 4.39 Å². The maximum atomic E-state index is 13.0. The van der Waals surface area contributed by atoms with E-state index in [1.54, 1.807) is 18.3 Å². The molecule has 0 aliphatic rings. The molecule has 1 heterocycles. The van der Waals surface area contributed by atoms with Crippen LogP contribution in [0, 0.1) is 5.82 Å². The Hall–Kier alpha value is -2.63. The molecule has 1 aromatic carbocycles. The van der Waals surface area contributed by atoms with Gasteiger partial charge in [-0.25, -0.2) is 14.4 Å². The maximum absolute atomic E-state index is 13.0. The van der Waals surface area contributed by atoms with Gasteiger partial charge in [-0.2, -0.15) is 0 Å². The first kappa shape index (κ1) is 18.7. The molecule has 0 spiro atoms. The summed E-state index contributed by atoms with van der Waals surface area (Å²) in [6.07, 6.45) is 2.66. The zero-order chi connectivity index (χ0) is 17.9. The molecule has 0 saturated carbocycles. The monoisotopic (exact) mass is 344 g/mol. The molecule has 2 N–H and O–H groups in total. The fourth-order valence-electron chi connectivity index (χ4n) is 2.17. The number of halogens is 1. The lowest BCUT2D eigenvalue weighted by Gasteiger charge is -2.13. The Bertz CT molecular complexity index is 673. The summed E-state index contributed by atoms with van der Waals surface area (Å²) in [4.78, 5) is 8.81. The van der Waals surface area contributed by atoms with Gasteiger partial charge in [-0.05, 0) is 37.1 Å². The van der Waals surface area contributed by atoms with Gasteiger partial charge in [-0.1, -0.05) is 25.1 Å². The number of hydrogen-bond donors (Lipinski definition) is 2. The highest BCUT2D eigenvalue weighted by atomic mass is 19.1. The van der Waals surface area contributed by atoms with Crippen molar-refractivity contribution in [1.29, 1.82) is 0 Å². The van der Waals surface area contributed by atoms with Gasteiger partial charge in [0.15, 0.2) is 5.96 Å². The van der Waals surface area contributed by atoms with Crippen molar-refractivity contribution >= 4 is 5.96 Å². The standard InChI is InChI=1S/C19H25FN4O/c1-3-12-25-18-16(6-5-11-22-18)14-24-19(21-4-2)23-13-15-7-9-17(20)10-8-15/h5-11H,3-4,12-14H2,1-2H3,(H2,21,23,24). The molecule has 0 unspecified atom stereocenters. The molecule has 134 valence electrons. The molecule has 25 heavy (non-hydrogen) atoms. The van der Waals surface area contributed by atoms with Gasteiger partial charge in [0.25, 0.3) is 0 Å². The number of hydrogen-bond acceptors (Lipinski definition) is 3. The average Bonchev–Trinajstić information content (AvgIpc) is 2.64. The Balaban J connectivity index is 1.99. The van der Waals surface area contributed by atoms with Crippen LogP contribution in [0.5, 0.6) is 5.88 Å². The fraction of sp³-hybridized carbons (Fsp3) is 0.368. The molecule has 0 aliphatic heterocycles. The average molecular weight is 344 g/mol. The minimum absolute atomic E-state index is 0.242. The summed E-state index contributed by atoms with van der Waals surface area (Å²) in [6, 6.07) is 10.2. The molecule has 0 saturated heterocycles. The topological polar surface area (TPSA) is 58.5 Å². The van der Waals surface area contributed by atoms with Crippen LogP contribution in [0.2, 0.25) is 0 Å². The smallest absolute Gasteiger partial charge is 0.218 e. The lowest BCUT2D eigenvalue weighted by atomic mass is 10.2. The summed E-state index contributed by atoms with van der Waals surface area (Å²) < 4.78 is 18.6. The molecule has 0 bridgehead atoms. The van der Waals surface area contributed by atoms with E-state index in [1.165, 1.54) is 12.1 Å². The molecular weight excluding hydrogens is 319 g/mol. The zero-order valence-corrected chi connectivity index (χ0v) is 14.8. The van der Waals surface area contributed by atoms with Crippen molar-refractivity contribution in [3.63, 3.8) is 0 Å². The second-order valence-electron chi connectivity index (χ2n) is 5.49. The van der Waals surface area contributed by atoms with E-state index in [2.05, 4.69) is 27.5 Å². The van der Waals surface area contributed by atoms with Gasteiger partial charge in [-0.3, -0.25) is 0 Å². The molecule has 2 rings (SSSR count). The van der Waals surface area contributed by atoms with Gasteiger partial charge < -0.3 is 15.4 Å². The Morgan fingerprint density at radius 1 is 1.16 bits per heavy atom. The Labute approximate surface area is 148 Å². The molecule has 0 fully saturated rings. The van der Waals surface area contributed by atoms with Gasteiger partial charge in [0.05, 0.1) is 13.2 Å². The Kier molecular flexibility index (Phi) is 7.69. The van der Waals surface area contributed by atoms with Crippen LogP contribution in [0.15, 0.2) is 47.6 Å². The van der Waals surface area contributed by atoms with E-state index < -0.39 is 0 Å². The van der Waals surface area contributed by atoms with E-state index in [9.17, 15) is 4.39 Å². The van der Waals surface area contributed by atoms with Crippen LogP contribution in [0.25, 0.3) is 0 Å². The van der Waals surface area contributed by atoms with Crippen LogP contribution in [0.3, 0.4) is 0 Å². The number of rotatable bonds is 8. The summed E-state index contributed by atoms with van der Waals surface area (Å²) in [5, 5.41) is 6.48. The third-order valence-corrected chi connectivity index (χ3v) is 3.42. The number of benzene rings is 1. The van der Waals surface area contributed by atoms with Crippen molar-refractivity contribution in [3.05, 3.63) is 59.5 Å². The third kappa shape index (κ3) is 6.41. The van der Waals surface area contributed by atoms with Crippen molar-refractivity contribution in [2.75, 3.05) is 13.2 Å². The van der Waals surface area contributed by atoms with Crippen LogP contribution < -0.4 is 15.4 Å². The predicted molar refractivity (Wildman–Crippen MR) is 98.1 cm³/mol. The Morgan fingerprint density at radius 2 is 1.96 bits per heavy atom. The SMILES string of the molecule is CCCOc1ncccc1CNC(=NCc1ccc(F)cc1)NCC. The molecule has 0 atom stereocenters. The second kappa shape index (κ2) is 10.3. The number of nitrogens with zero attached hydrogens (tertiary/aromatic N) is 2. The molecule has 2 aromatic rings. The van der Waals surface area contributed by atoms with Crippen LogP contribution >= 0.6 is 0 Å². The minimum atomic E-state index is -0.242. The second-order valence-corrected chi connectivity index (χ2v) is 5.49. The minimum Gasteiger partial charge on any atom is -0.477 e. The molecule has 0 amide bonds. The number of nitrogens with one attached hydrogen (secondary N) is 2. The van der Waals surface area contributed by atoms with Crippen molar-refractivity contribution in [1.82, 2.24) is 15.6 Å². The quantitative estimate of drug-likeness (QED) is 0.570. The van der Waals surface area contributed by atoms with Crippen molar-refractivity contribution in [3.8, 4) is 5.88 Å². The summed E-state index contributed by atoms with van der Waals surface area (Å²) in [5.74, 6) is 1.09. The first-order valence-corrected chi connectivity index (χ1v) is 8.56. The van der Waals surface area contributed by atoms with E-state index >= 15 is 0 Å². The Morgan fingerprint density at radius 3 is 2.68 bits per heavy atom. The van der Waals surface area contributed by atoms with Gasteiger partial charge >= 0.3 is 0 Å². The summed E-state index contributed by atoms with van der Waals surface area (Å²) in [5.41, 5.74) is 1.93. The first-order valence-electron chi connectivity index (χ1n) is 8.56. The zero-order valence-electron chi connectivity index (χ0n) is 14.8. The molecule has 1 aromatic heterocycles. The number of pyridine rings is 1. The molecule has 6 heteroatoms. The first-order chi connectivity index (χ1) is 12.2. The molecule has 5 nitrogen and oxygen atoms in total. The highest BCUT2D eigenvalue weighted by Gasteiger charge is 2.06. The van der Waals surface area contributed by atoms with E-state index in [0.29, 0.717) is 31.5 Å². The largest absolute Gasteiger partial charge is 0.477 e. The van der Waals surface area contributed by atoms with Gasteiger partial charge in [-0.15, -0.1) is 0 Å². The van der Waals surface area contributed by atoms with Gasteiger partial charge in [0.1, 0.15) is 5.82 Å². The number of guanidine groups is 1. The highest BCUT2D eigenvalue weighted by molar-refractivity contribution is 5.79. The fourth-order valence-corrected chi connectivity index (χ4v) is 2.17. The van der Waals surface area contributed by atoms with Gasteiger partial charge in [0.2, 0.25) is 5.88 Å². The maximum Gasteiger partial charge on any atom is 0.218 e. The van der Waals surface area contributed by atoms with Crippen LogP contribution in [-0.4, -0.2) is 24.1 Å². The summed E-state index contributed by atoms with van der Waals surface area (Å²) in [7, 11) is 0. The van der Waals surface area contributed by atoms with E-state index in [-0.39, 0.29) is 5.82 Å². The lowest BCUT2D eigenvalue weighted by molar-refractivity contribution is 0.301. The molecule has 0 radical (unpaired) electrons. The highest BCUT2D eigenvalue weighted by Crippen LogP contribution is 2.14. The van der Waals surface area contributed by atoms with Crippen LogP contribution in [-0.2, 0) is 13.1 Å². The van der Waals surface area contributed by atoms with Crippen molar-refractivity contribution in [2.45, 2.75) is 33.4 Å². The predicted octanol–water partition coefficient (Wildman–Crippen LogP) is 3.26. The van der Waals surface area contributed by atoms with Crippen LogP contribution in [0.1, 0.15) is 31.4 Å². The van der Waals surface area contributed by atoms with Gasteiger partial charge in [0, 0.05) is 24.8 Å².